The number of hydrogen-bond acceptors (Lipinski definition) is 9. The summed E-state index contributed by atoms with van der Waals surface area (Å²) < 4.78 is 10.3. The molecule has 3 rings (SSSR count). The highest BCUT2D eigenvalue weighted by molar-refractivity contribution is 7.99. The molecule has 34 heavy (non-hydrogen) atoms. The first kappa shape index (κ1) is 25.4. The van der Waals surface area contributed by atoms with Gasteiger partial charge in [-0.15, -0.1) is 11.3 Å². The summed E-state index contributed by atoms with van der Waals surface area (Å²) in [5, 5.41) is 3.50. The monoisotopic (exact) mass is 499 g/mol. The van der Waals surface area contributed by atoms with Gasteiger partial charge in [-0.3, -0.25) is 9.59 Å². The van der Waals surface area contributed by atoms with Gasteiger partial charge in [-0.05, 0) is 63.6 Å². The van der Waals surface area contributed by atoms with Crippen molar-refractivity contribution in [3.63, 3.8) is 0 Å². The number of carbonyl (C=O) groups is 3. The molecule has 0 fully saturated rings. The predicted octanol–water partition coefficient (Wildman–Crippen LogP) is 4.94. The molecular weight excluding hydrogens is 474 g/mol. The Kier molecular flexibility index (Phi) is 8.41. The minimum atomic E-state index is -0.571. The molecular formula is C24H25N3O5S2. The quantitative estimate of drug-likeness (QED) is 0.191. The maximum atomic E-state index is 12.7. The lowest BCUT2D eigenvalue weighted by molar-refractivity contribution is -0.113. The summed E-state index contributed by atoms with van der Waals surface area (Å²) in [6.45, 7) is 6.84. The molecule has 3 aromatic rings. The number of hydrogen-bond donors (Lipinski definition) is 1. The van der Waals surface area contributed by atoms with Gasteiger partial charge in [0.15, 0.2) is 10.9 Å². The molecule has 0 radical (unpaired) electrons. The Bertz CT molecular complexity index is 1220. The molecule has 0 saturated heterocycles. The predicted molar refractivity (Wildman–Crippen MR) is 133 cm³/mol. The van der Waals surface area contributed by atoms with Crippen LogP contribution in [0.3, 0.4) is 0 Å². The molecule has 8 nitrogen and oxygen atoms in total. The van der Waals surface area contributed by atoms with Crippen molar-refractivity contribution in [2.75, 3.05) is 24.8 Å². The number of esters is 1. The van der Waals surface area contributed by atoms with E-state index in [1.165, 1.54) is 18.7 Å². The van der Waals surface area contributed by atoms with Crippen LogP contribution in [0.15, 0.2) is 35.5 Å². The highest BCUT2D eigenvalue weighted by Gasteiger charge is 2.25. The van der Waals surface area contributed by atoms with E-state index in [1.54, 1.807) is 21.0 Å². The van der Waals surface area contributed by atoms with E-state index in [9.17, 15) is 14.4 Å². The van der Waals surface area contributed by atoms with E-state index in [-0.39, 0.29) is 29.6 Å². The summed E-state index contributed by atoms with van der Waals surface area (Å²) in [5.74, 6) is -0.317. The van der Waals surface area contributed by atoms with Crippen molar-refractivity contribution < 1.29 is 23.9 Å². The molecule has 1 amide bonds. The van der Waals surface area contributed by atoms with Crippen LogP contribution in [0.1, 0.15) is 45.1 Å². The lowest BCUT2D eigenvalue weighted by Crippen LogP contribution is -2.16. The first-order valence-electron chi connectivity index (χ1n) is 10.5. The third-order valence-corrected chi connectivity index (χ3v) is 6.91. The number of thioether (sulfide) groups is 1. The maximum absolute atomic E-state index is 12.7. The van der Waals surface area contributed by atoms with E-state index in [0.717, 1.165) is 34.0 Å². The molecule has 2 aromatic heterocycles. The summed E-state index contributed by atoms with van der Waals surface area (Å²) in [6.07, 6.45) is 0. The third-order valence-electron chi connectivity index (χ3n) is 4.75. The average molecular weight is 500 g/mol. The second-order valence-corrected chi connectivity index (χ2v) is 9.24. The van der Waals surface area contributed by atoms with E-state index < -0.39 is 5.97 Å². The van der Waals surface area contributed by atoms with Crippen molar-refractivity contribution >= 4 is 45.8 Å². The average Bonchev–Trinajstić information content (AvgIpc) is 3.13. The summed E-state index contributed by atoms with van der Waals surface area (Å²) >= 11 is 2.25. The highest BCUT2D eigenvalue weighted by Crippen LogP contribution is 2.34. The van der Waals surface area contributed by atoms with E-state index in [4.69, 9.17) is 9.47 Å². The van der Waals surface area contributed by atoms with Gasteiger partial charge in [0.05, 0.1) is 35.6 Å². The molecule has 1 N–H and O–H groups in total. The van der Waals surface area contributed by atoms with Crippen molar-refractivity contribution in [1.29, 1.82) is 0 Å². The molecule has 1 aromatic carbocycles. The Labute approximate surface area is 206 Å². The number of thiophene rings is 1. The molecule has 0 aliphatic rings. The van der Waals surface area contributed by atoms with E-state index in [1.807, 2.05) is 37.3 Å². The van der Waals surface area contributed by atoms with Gasteiger partial charge in [0.2, 0.25) is 5.91 Å². The van der Waals surface area contributed by atoms with E-state index in [0.29, 0.717) is 20.6 Å². The zero-order valence-electron chi connectivity index (χ0n) is 19.6. The number of rotatable bonds is 9. The fourth-order valence-electron chi connectivity index (χ4n) is 3.19. The van der Waals surface area contributed by atoms with Crippen LogP contribution < -0.4 is 10.1 Å². The zero-order chi connectivity index (χ0) is 24.8. The van der Waals surface area contributed by atoms with Crippen LogP contribution in [0.25, 0.3) is 11.3 Å². The smallest absolute Gasteiger partial charge is 0.341 e. The lowest BCUT2D eigenvalue weighted by Gasteiger charge is -2.08. The molecule has 0 saturated carbocycles. The zero-order valence-corrected chi connectivity index (χ0v) is 21.2. The van der Waals surface area contributed by atoms with Crippen molar-refractivity contribution in [2.24, 2.45) is 0 Å². The maximum Gasteiger partial charge on any atom is 0.341 e. The Hall–Kier alpha value is -3.24. The van der Waals surface area contributed by atoms with Crippen LogP contribution in [-0.4, -0.2) is 47.1 Å². The number of aromatic nitrogens is 2. The number of anilines is 1. The normalized spacial score (nSPS) is 10.6. The summed E-state index contributed by atoms with van der Waals surface area (Å²) in [5.41, 5.74) is 3.13. The van der Waals surface area contributed by atoms with Crippen LogP contribution in [0.5, 0.6) is 5.75 Å². The Morgan fingerprint density at radius 3 is 2.44 bits per heavy atom. The number of nitrogens with one attached hydrogen (secondary N) is 1. The van der Waals surface area contributed by atoms with Gasteiger partial charge in [-0.1, -0.05) is 11.8 Å². The van der Waals surface area contributed by atoms with Gasteiger partial charge in [0.1, 0.15) is 10.8 Å². The van der Waals surface area contributed by atoms with E-state index >= 15 is 0 Å². The van der Waals surface area contributed by atoms with Gasteiger partial charge in [-0.25, -0.2) is 14.8 Å². The van der Waals surface area contributed by atoms with Crippen LogP contribution in [0, 0.1) is 13.8 Å². The third kappa shape index (κ3) is 6.00. The number of ether oxygens (including phenoxy) is 2. The largest absolute Gasteiger partial charge is 0.497 e. The number of aryl methyl sites for hydroxylation is 1. The van der Waals surface area contributed by atoms with Gasteiger partial charge in [0.25, 0.3) is 0 Å². The molecule has 10 heteroatoms. The molecule has 2 heterocycles. The fourth-order valence-corrected chi connectivity index (χ4v) is 5.00. The molecule has 0 aliphatic carbocycles. The Morgan fingerprint density at radius 1 is 1.12 bits per heavy atom. The Balaban J connectivity index is 1.75. The van der Waals surface area contributed by atoms with Gasteiger partial charge < -0.3 is 14.8 Å². The first-order chi connectivity index (χ1) is 16.2. The van der Waals surface area contributed by atoms with E-state index in [2.05, 4.69) is 15.3 Å². The second kappa shape index (κ2) is 11.3. The van der Waals surface area contributed by atoms with Gasteiger partial charge >= 0.3 is 5.97 Å². The topological polar surface area (TPSA) is 107 Å². The molecule has 0 unspecified atom stereocenters. The standard InChI is InChI=1S/C24H25N3O5S2/c1-6-32-23(30)20-14(3)21(15(4)28)34-22(20)27-19(29)12-33-24-25-13(2)11-18(26-24)16-7-9-17(31-5)10-8-16/h7-11H,6,12H2,1-5H3,(H,27,29). The number of Topliss-reactive ketones (excluding diaryl/α,β-unsaturated/α-hetero) is 1. The number of methoxy groups -OCH3 is 1. The molecule has 0 bridgehead atoms. The first-order valence-corrected chi connectivity index (χ1v) is 12.3. The number of amides is 1. The minimum Gasteiger partial charge on any atom is -0.497 e. The number of carbonyl (C=O) groups excluding carboxylic acids is 3. The fraction of sp³-hybridized carbons (Fsp3) is 0.292. The van der Waals surface area contributed by atoms with Crippen molar-refractivity contribution in [2.45, 2.75) is 32.9 Å². The van der Waals surface area contributed by atoms with Crippen molar-refractivity contribution in [3.8, 4) is 17.0 Å². The number of benzene rings is 1. The minimum absolute atomic E-state index is 0.0279. The van der Waals surface area contributed by atoms with Gasteiger partial charge in [0, 0.05) is 11.3 Å². The lowest BCUT2D eigenvalue weighted by atomic mass is 10.1. The van der Waals surface area contributed by atoms with Crippen molar-refractivity contribution in [1.82, 2.24) is 9.97 Å². The van der Waals surface area contributed by atoms with Crippen LogP contribution in [0.4, 0.5) is 5.00 Å². The number of ketones is 1. The van der Waals surface area contributed by atoms with Crippen molar-refractivity contribution in [3.05, 3.63) is 52.0 Å². The van der Waals surface area contributed by atoms with Crippen LogP contribution >= 0.6 is 23.1 Å². The molecule has 0 aliphatic heterocycles. The second-order valence-electron chi connectivity index (χ2n) is 7.28. The summed E-state index contributed by atoms with van der Waals surface area (Å²) in [4.78, 5) is 46.4. The summed E-state index contributed by atoms with van der Waals surface area (Å²) in [7, 11) is 1.61. The molecule has 0 spiro atoms. The van der Waals surface area contributed by atoms with Gasteiger partial charge in [-0.2, -0.15) is 0 Å². The summed E-state index contributed by atoms with van der Waals surface area (Å²) in [6, 6.07) is 9.39. The number of nitrogens with zero attached hydrogens (tertiary/aromatic N) is 2. The molecule has 178 valence electrons. The Morgan fingerprint density at radius 2 is 1.82 bits per heavy atom. The SMILES string of the molecule is CCOC(=O)c1c(NC(=O)CSc2nc(C)cc(-c3ccc(OC)cc3)n2)sc(C(C)=O)c1C. The molecule has 0 atom stereocenters. The van der Waals surface area contributed by atoms with Crippen LogP contribution in [-0.2, 0) is 9.53 Å². The van der Waals surface area contributed by atoms with Crippen LogP contribution in [0.2, 0.25) is 0 Å². The highest BCUT2D eigenvalue weighted by atomic mass is 32.2.